The van der Waals surface area contributed by atoms with Crippen LogP contribution >= 0.6 is 0 Å². The molecular weight excluding hydrogens is 416 g/mol. The van der Waals surface area contributed by atoms with E-state index >= 15 is 0 Å². The van der Waals surface area contributed by atoms with Crippen molar-refractivity contribution in [2.75, 3.05) is 0 Å². The minimum Gasteiger partial charge on any atom is -0.432 e. The van der Waals surface area contributed by atoms with E-state index in [1.54, 1.807) is 12.1 Å². The average Bonchev–Trinajstić information content (AvgIpc) is 2.80. The molecular formula is C24H20O8. The summed E-state index contributed by atoms with van der Waals surface area (Å²) in [5, 5.41) is 0. The summed E-state index contributed by atoms with van der Waals surface area (Å²) in [7, 11) is 0. The number of hydrogen-bond donors (Lipinski definition) is 0. The maximum atomic E-state index is 11.4. The summed E-state index contributed by atoms with van der Waals surface area (Å²) in [6.07, 6.45) is 4.08. The van der Waals surface area contributed by atoms with Gasteiger partial charge in [0.2, 0.25) is 0 Å². The number of esters is 4. The number of ether oxygens (including phenoxy) is 4. The van der Waals surface area contributed by atoms with E-state index in [0.717, 1.165) is 25.0 Å². The average molecular weight is 436 g/mol. The molecule has 0 radical (unpaired) electrons. The van der Waals surface area contributed by atoms with Gasteiger partial charge in [-0.15, -0.1) is 0 Å². The van der Waals surface area contributed by atoms with Crippen molar-refractivity contribution in [3.05, 3.63) is 122 Å². The predicted molar refractivity (Wildman–Crippen MR) is 115 cm³/mol. The normalized spacial score (nSPS) is 9.00. The van der Waals surface area contributed by atoms with Crippen LogP contribution in [0.5, 0.6) is 0 Å². The van der Waals surface area contributed by atoms with Gasteiger partial charge in [-0.25, -0.2) is 19.2 Å². The van der Waals surface area contributed by atoms with E-state index in [4.69, 9.17) is 0 Å². The van der Waals surface area contributed by atoms with Crippen molar-refractivity contribution >= 4 is 23.9 Å². The zero-order chi connectivity index (χ0) is 23.9. The first-order chi connectivity index (χ1) is 15.4. The molecule has 32 heavy (non-hydrogen) atoms. The van der Waals surface area contributed by atoms with E-state index in [0.29, 0.717) is 11.1 Å². The minimum atomic E-state index is -0.661. The summed E-state index contributed by atoms with van der Waals surface area (Å²) in [6.45, 7) is 13.1. The first kappa shape index (κ1) is 25.3. The molecule has 0 aliphatic heterocycles. The molecule has 164 valence electrons. The van der Waals surface area contributed by atoms with Crippen LogP contribution in [0.3, 0.4) is 0 Å². The molecule has 2 rings (SSSR count). The van der Waals surface area contributed by atoms with Crippen molar-refractivity contribution in [2.45, 2.75) is 0 Å². The Hall–Kier alpha value is -4.72. The van der Waals surface area contributed by atoms with E-state index in [9.17, 15) is 19.2 Å². The molecule has 0 fully saturated rings. The zero-order valence-corrected chi connectivity index (χ0v) is 17.0. The highest BCUT2D eigenvalue weighted by atomic mass is 16.5. The van der Waals surface area contributed by atoms with E-state index in [-0.39, 0.29) is 11.1 Å². The topological polar surface area (TPSA) is 105 Å². The van der Waals surface area contributed by atoms with Crippen LogP contribution in [0, 0.1) is 0 Å². The largest absolute Gasteiger partial charge is 0.432 e. The Morgan fingerprint density at radius 3 is 1.06 bits per heavy atom. The van der Waals surface area contributed by atoms with E-state index in [1.807, 2.05) is 0 Å². The van der Waals surface area contributed by atoms with Gasteiger partial charge in [-0.1, -0.05) is 38.4 Å². The summed E-state index contributed by atoms with van der Waals surface area (Å²) in [5.74, 6) is -2.38. The van der Waals surface area contributed by atoms with Gasteiger partial charge in [-0.05, 0) is 36.4 Å². The fraction of sp³-hybridized carbons (Fsp3) is 0. The van der Waals surface area contributed by atoms with Gasteiger partial charge in [0.1, 0.15) is 0 Å². The third kappa shape index (κ3) is 7.60. The predicted octanol–water partition coefficient (Wildman–Crippen LogP) is 4.57. The Morgan fingerprint density at radius 1 is 0.500 bits per heavy atom. The second-order valence-electron chi connectivity index (χ2n) is 5.41. The van der Waals surface area contributed by atoms with Crippen LogP contribution in [-0.2, 0) is 18.9 Å². The van der Waals surface area contributed by atoms with Gasteiger partial charge < -0.3 is 18.9 Å². The SMILES string of the molecule is C=COC(=O)c1ccc(C(=O)OC=C)cc1.C=COC(=O)c1ccccc1C(=O)OC=C. The number of benzene rings is 2. The lowest BCUT2D eigenvalue weighted by molar-refractivity contribution is 0.0619. The lowest BCUT2D eigenvalue weighted by atomic mass is 10.1. The van der Waals surface area contributed by atoms with Crippen LogP contribution in [0.25, 0.3) is 0 Å². The van der Waals surface area contributed by atoms with Crippen LogP contribution in [0.2, 0.25) is 0 Å². The molecule has 0 aromatic heterocycles. The Kier molecular flexibility index (Phi) is 10.7. The minimum absolute atomic E-state index is 0.120. The summed E-state index contributed by atoms with van der Waals surface area (Å²) in [4.78, 5) is 45.3. The van der Waals surface area contributed by atoms with Gasteiger partial charge in [0, 0.05) is 0 Å². The third-order valence-electron chi connectivity index (χ3n) is 3.48. The van der Waals surface area contributed by atoms with Crippen LogP contribution in [0.15, 0.2) is 99.9 Å². The maximum Gasteiger partial charge on any atom is 0.343 e. The Bertz CT molecular complexity index is 937. The second kappa shape index (κ2) is 13.5. The van der Waals surface area contributed by atoms with Crippen molar-refractivity contribution in [1.82, 2.24) is 0 Å². The molecule has 0 unspecified atom stereocenters. The molecule has 8 nitrogen and oxygen atoms in total. The number of carbonyl (C=O) groups is 4. The van der Waals surface area contributed by atoms with Crippen LogP contribution in [0.1, 0.15) is 41.4 Å². The highest BCUT2D eigenvalue weighted by molar-refractivity contribution is 6.03. The monoisotopic (exact) mass is 436 g/mol. The lowest BCUT2D eigenvalue weighted by Crippen LogP contribution is -2.10. The first-order valence-electron chi connectivity index (χ1n) is 8.86. The van der Waals surface area contributed by atoms with Crippen LogP contribution in [0.4, 0.5) is 0 Å². The van der Waals surface area contributed by atoms with Gasteiger partial charge in [0.15, 0.2) is 0 Å². The van der Waals surface area contributed by atoms with E-state index in [1.165, 1.54) is 36.4 Å². The lowest BCUT2D eigenvalue weighted by Gasteiger charge is -2.05. The van der Waals surface area contributed by atoms with Crippen LogP contribution < -0.4 is 0 Å². The molecule has 0 saturated heterocycles. The van der Waals surface area contributed by atoms with E-state index in [2.05, 4.69) is 45.3 Å². The highest BCUT2D eigenvalue weighted by Gasteiger charge is 2.17. The molecule has 0 atom stereocenters. The molecule has 2 aromatic rings. The summed E-state index contributed by atoms with van der Waals surface area (Å²) < 4.78 is 18.3. The summed E-state index contributed by atoms with van der Waals surface area (Å²) >= 11 is 0. The molecule has 0 saturated carbocycles. The Balaban J connectivity index is 0.000000320. The molecule has 0 N–H and O–H groups in total. The first-order valence-corrected chi connectivity index (χ1v) is 8.86. The number of rotatable bonds is 8. The quantitative estimate of drug-likeness (QED) is 0.337. The summed E-state index contributed by atoms with van der Waals surface area (Å²) in [6, 6.07) is 12.0. The summed E-state index contributed by atoms with van der Waals surface area (Å²) in [5.41, 5.74) is 0.897. The number of carbonyl (C=O) groups excluding carboxylic acids is 4. The smallest absolute Gasteiger partial charge is 0.343 e. The maximum absolute atomic E-state index is 11.4. The molecule has 8 heteroatoms. The fourth-order valence-corrected chi connectivity index (χ4v) is 2.15. The second-order valence-corrected chi connectivity index (χ2v) is 5.41. The highest BCUT2D eigenvalue weighted by Crippen LogP contribution is 2.12. The van der Waals surface area contributed by atoms with Crippen molar-refractivity contribution in [2.24, 2.45) is 0 Å². The van der Waals surface area contributed by atoms with Crippen molar-refractivity contribution in [3.63, 3.8) is 0 Å². The van der Waals surface area contributed by atoms with Gasteiger partial charge in [-0.3, -0.25) is 0 Å². The van der Waals surface area contributed by atoms with Gasteiger partial charge in [0.05, 0.1) is 47.3 Å². The molecule has 0 aliphatic carbocycles. The molecule has 0 aliphatic rings. The van der Waals surface area contributed by atoms with Crippen molar-refractivity contribution < 1.29 is 38.1 Å². The van der Waals surface area contributed by atoms with Gasteiger partial charge in [-0.2, -0.15) is 0 Å². The molecule has 0 bridgehead atoms. The standard InChI is InChI=1S/2C12H10O4/c1-3-15-11(13)9-5-7-10(8-6-9)12(14)16-4-2;1-3-15-11(13)9-7-5-6-8-10(9)12(14)16-4-2/h2*3-8H,1-2H2. The van der Waals surface area contributed by atoms with E-state index < -0.39 is 23.9 Å². The van der Waals surface area contributed by atoms with Gasteiger partial charge in [0.25, 0.3) is 0 Å². The molecule has 2 aromatic carbocycles. The van der Waals surface area contributed by atoms with Crippen molar-refractivity contribution in [1.29, 1.82) is 0 Å². The zero-order valence-electron chi connectivity index (χ0n) is 17.0. The van der Waals surface area contributed by atoms with Crippen molar-refractivity contribution in [3.8, 4) is 0 Å². The molecule has 0 amide bonds. The fourth-order valence-electron chi connectivity index (χ4n) is 2.15. The Morgan fingerprint density at radius 2 is 0.781 bits per heavy atom. The third-order valence-corrected chi connectivity index (χ3v) is 3.48. The van der Waals surface area contributed by atoms with Crippen LogP contribution in [-0.4, -0.2) is 23.9 Å². The molecule has 0 spiro atoms. The molecule has 0 heterocycles. The Labute approximate surface area is 184 Å². The number of hydrogen-bond acceptors (Lipinski definition) is 8. The van der Waals surface area contributed by atoms with Gasteiger partial charge >= 0.3 is 23.9 Å².